The van der Waals surface area contributed by atoms with Crippen LogP contribution in [0.15, 0.2) is 24.7 Å². The highest BCUT2D eigenvalue weighted by molar-refractivity contribution is 5.88. The van der Waals surface area contributed by atoms with Gasteiger partial charge < -0.3 is 24.7 Å². The van der Waals surface area contributed by atoms with Gasteiger partial charge in [-0.05, 0) is 44.6 Å². The van der Waals surface area contributed by atoms with Crippen LogP contribution in [0.4, 0.5) is 17.5 Å². The molecule has 2 saturated heterocycles. The zero-order valence-electron chi connectivity index (χ0n) is 20.5. The Kier molecular flexibility index (Phi) is 6.58. The number of fused-ring (bicyclic) bond motifs is 1. The van der Waals surface area contributed by atoms with Gasteiger partial charge in [-0.1, -0.05) is 0 Å². The van der Waals surface area contributed by atoms with E-state index in [1.54, 1.807) is 0 Å². The van der Waals surface area contributed by atoms with Crippen LogP contribution >= 0.6 is 0 Å². The van der Waals surface area contributed by atoms with Gasteiger partial charge in [0.1, 0.15) is 5.52 Å². The van der Waals surface area contributed by atoms with E-state index in [1.165, 1.54) is 12.8 Å². The number of aromatic nitrogens is 5. The number of nitrogens with zero attached hydrogens (tertiary/aromatic N) is 6. The van der Waals surface area contributed by atoms with Gasteiger partial charge in [-0.2, -0.15) is 10.1 Å². The molecule has 2 aliphatic heterocycles. The third kappa shape index (κ3) is 5.00. The van der Waals surface area contributed by atoms with Gasteiger partial charge in [0.25, 0.3) is 0 Å². The van der Waals surface area contributed by atoms with E-state index >= 15 is 0 Å². The number of ether oxygens (including phenoxy) is 2. The number of hydrogen-bond donors (Lipinski definition) is 2. The van der Waals surface area contributed by atoms with Crippen molar-refractivity contribution in [1.82, 2.24) is 29.2 Å². The summed E-state index contributed by atoms with van der Waals surface area (Å²) in [6.45, 7) is 5.47. The van der Waals surface area contributed by atoms with E-state index in [0.717, 1.165) is 87.7 Å². The number of hydrogen-bond acceptors (Lipinski definition) is 8. The molecule has 10 heteroatoms. The Morgan fingerprint density at radius 2 is 1.69 bits per heavy atom. The highest BCUT2D eigenvalue weighted by Crippen LogP contribution is 2.30. The van der Waals surface area contributed by atoms with Crippen molar-refractivity contribution >= 4 is 28.5 Å². The van der Waals surface area contributed by atoms with Crippen molar-refractivity contribution in [1.29, 1.82) is 0 Å². The molecular formula is C25H36N8O2. The lowest BCUT2D eigenvalue weighted by Gasteiger charge is -2.39. The van der Waals surface area contributed by atoms with Crippen LogP contribution in [0.25, 0.3) is 11.0 Å². The molecule has 3 aliphatic rings. The summed E-state index contributed by atoms with van der Waals surface area (Å²) in [6, 6.07) is 3.54. The van der Waals surface area contributed by atoms with Crippen LogP contribution in [0.5, 0.6) is 0 Å². The molecule has 6 rings (SSSR count). The SMILES string of the molecule is Cn1ccc2nc(Nc3cnn(C4CCOCC4)c3)nc(NC3CCC(N4CCOCC4)CC3)c21. The minimum absolute atomic E-state index is 0.390. The second-order valence-corrected chi connectivity index (χ2v) is 10.0. The first-order chi connectivity index (χ1) is 17.2. The Hall–Kier alpha value is -2.69. The quantitative estimate of drug-likeness (QED) is 0.555. The van der Waals surface area contributed by atoms with Crippen LogP contribution in [0.2, 0.25) is 0 Å². The summed E-state index contributed by atoms with van der Waals surface area (Å²) >= 11 is 0. The summed E-state index contributed by atoms with van der Waals surface area (Å²) in [5.41, 5.74) is 2.89. The monoisotopic (exact) mass is 480 g/mol. The van der Waals surface area contributed by atoms with Crippen molar-refractivity contribution in [2.75, 3.05) is 50.2 Å². The van der Waals surface area contributed by atoms with Gasteiger partial charge in [-0.3, -0.25) is 9.58 Å². The molecule has 0 unspecified atom stereocenters. The molecule has 3 aromatic heterocycles. The van der Waals surface area contributed by atoms with Crippen molar-refractivity contribution in [3.05, 3.63) is 24.7 Å². The molecule has 3 fully saturated rings. The fraction of sp³-hybridized carbons (Fsp3) is 0.640. The second kappa shape index (κ2) is 10.1. The average molecular weight is 481 g/mol. The maximum absolute atomic E-state index is 5.53. The first kappa shape index (κ1) is 22.8. The average Bonchev–Trinajstić information content (AvgIpc) is 3.52. The smallest absolute Gasteiger partial charge is 0.229 e. The number of morpholine rings is 1. The Morgan fingerprint density at radius 1 is 0.914 bits per heavy atom. The van der Waals surface area contributed by atoms with Gasteiger partial charge in [0.15, 0.2) is 5.82 Å². The van der Waals surface area contributed by atoms with Crippen molar-refractivity contribution < 1.29 is 9.47 Å². The lowest BCUT2D eigenvalue weighted by molar-refractivity contribution is 0.00791. The Labute approximate surface area is 206 Å². The summed E-state index contributed by atoms with van der Waals surface area (Å²) in [5.74, 6) is 1.50. The van der Waals surface area contributed by atoms with Crippen LogP contribution in [0.3, 0.4) is 0 Å². The number of nitrogens with one attached hydrogen (secondary N) is 2. The van der Waals surface area contributed by atoms with Crippen LogP contribution in [-0.4, -0.2) is 80.8 Å². The van der Waals surface area contributed by atoms with Gasteiger partial charge in [-0.15, -0.1) is 0 Å². The predicted octanol–water partition coefficient (Wildman–Crippen LogP) is 3.32. The van der Waals surface area contributed by atoms with E-state index < -0.39 is 0 Å². The van der Waals surface area contributed by atoms with Gasteiger partial charge in [-0.25, -0.2) is 4.98 Å². The standard InChI is InChI=1S/C25H36N8O2/c1-31-9-6-22-23(31)24(27-18-2-4-20(5-3-18)32-10-14-35-15-11-32)30-25(29-22)28-19-16-26-33(17-19)21-7-12-34-13-8-21/h6,9,16-18,20-21H,2-5,7-8,10-15H2,1H3,(H2,27,28,29,30). The largest absolute Gasteiger partial charge is 0.381 e. The number of anilines is 3. The van der Waals surface area contributed by atoms with E-state index in [2.05, 4.69) is 38.4 Å². The van der Waals surface area contributed by atoms with Gasteiger partial charge in [0.05, 0.1) is 36.7 Å². The zero-order chi connectivity index (χ0) is 23.6. The molecule has 188 valence electrons. The maximum atomic E-state index is 5.53. The van der Waals surface area contributed by atoms with E-state index in [1.807, 2.05) is 23.1 Å². The molecule has 10 nitrogen and oxygen atoms in total. The summed E-state index contributed by atoms with van der Waals surface area (Å²) in [7, 11) is 2.05. The predicted molar refractivity (Wildman–Crippen MR) is 135 cm³/mol. The molecule has 0 radical (unpaired) electrons. The first-order valence-electron chi connectivity index (χ1n) is 13.0. The molecule has 0 spiro atoms. The molecule has 0 bridgehead atoms. The summed E-state index contributed by atoms with van der Waals surface area (Å²) in [4.78, 5) is 12.3. The number of rotatable bonds is 6. The molecule has 35 heavy (non-hydrogen) atoms. The van der Waals surface area contributed by atoms with E-state index in [4.69, 9.17) is 19.4 Å². The minimum atomic E-state index is 0.390. The normalized spacial score (nSPS) is 24.6. The molecule has 2 N–H and O–H groups in total. The summed E-state index contributed by atoms with van der Waals surface area (Å²) in [6.07, 6.45) is 12.7. The van der Waals surface area contributed by atoms with Crippen molar-refractivity contribution in [2.24, 2.45) is 7.05 Å². The van der Waals surface area contributed by atoms with Crippen LogP contribution < -0.4 is 10.6 Å². The molecule has 1 aliphatic carbocycles. The molecule has 1 saturated carbocycles. The topological polar surface area (TPSA) is 94.3 Å². The van der Waals surface area contributed by atoms with Gasteiger partial charge in [0, 0.05) is 57.8 Å². The Bertz CT molecular complexity index is 1120. The summed E-state index contributed by atoms with van der Waals surface area (Å²) < 4.78 is 15.2. The lowest BCUT2D eigenvalue weighted by atomic mass is 9.90. The van der Waals surface area contributed by atoms with E-state index in [0.29, 0.717) is 24.1 Å². The Morgan fingerprint density at radius 3 is 2.49 bits per heavy atom. The summed E-state index contributed by atoms with van der Waals surface area (Å²) in [5, 5.41) is 11.7. The van der Waals surface area contributed by atoms with E-state index in [9.17, 15) is 0 Å². The molecule has 5 heterocycles. The molecule has 0 atom stereocenters. The van der Waals surface area contributed by atoms with Gasteiger partial charge >= 0.3 is 0 Å². The fourth-order valence-electron chi connectivity index (χ4n) is 5.75. The maximum Gasteiger partial charge on any atom is 0.229 e. The van der Waals surface area contributed by atoms with E-state index in [-0.39, 0.29) is 0 Å². The third-order valence-corrected chi connectivity index (χ3v) is 7.74. The second-order valence-electron chi connectivity index (χ2n) is 10.0. The van der Waals surface area contributed by atoms with Crippen molar-refractivity contribution in [3.8, 4) is 0 Å². The highest BCUT2D eigenvalue weighted by atomic mass is 16.5. The minimum Gasteiger partial charge on any atom is -0.381 e. The first-order valence-corrected chi connectivity index (χ1v) is 13.0. The zero-order valence-corrected chi connectivity index (χ0v) is 20.5. The fourth-order valence-corrected chi connectivity index (χ4v) is 5.75. The lowest BCUT2D eigenvalue weighted by Crippen LogP contribution is -2.46. The number of aryl methyl sites for hydroxylation is 1. The van der Waals surface area contributed by atoms with Crippen LogP contribution in [0, 0.1) is 0 Å². The van der Waals surface area contributed by atoms with Gasteiger partial charge in [0.2, 0.25) is 5.95 Å². The van der Waals surface area contributed by atoms with Crippen molar-refractivity contribution in [3.63, 3.8) is 0 Å². The molecular weight excluding hydrogens is 444 g/mol. The van der Waals surface area contributed by atoms with Crippen LogP contribution in [0.1, 0.15) is 44.6 Å². The molecule has 0 amide bonds. The Balaban J connectivity index is 1.15. The highest BCUT2D eigenvalue weighted by Gasteiger charge is 2.27. The van der Waals surface area contributed by atoms with Crippen molar-refractivity contribution in [2.45, 2.75) is 56.7 Å². The molecule has 0 aromatic carbocycles. The molecule has 3 aromatic rings. The van der Waals surface area contributed by atoms with Crippen LogP contribution in [-0.2, 0) is 16.5 Å². The third-order valence-electron chi connectivity index (χ3n) is 7.74.